The molecule has 4 N–H and O–H groups in total. The summed E-state index contributed by atoms with van der Waals surface area (Å²) in [6, 6.07) is 2.77. The lowest BCUT2D eigenvalue weighted by molar-refractivity contribution is -0.384. The first-order valence-electron chi connectivity index (χ1n) is 4.97. The number of hydrazine groups is 1. The Hall–Kier alpha value is -1.93. The summed E-state index contributed by atoms with van der Waals surface area (Å²) in [5, 5.41) is 13.6. The van der Waals surface area contributed by atoms with E-state index in [1.807, 2.05) is 6.92 Å². The summed E-state index contributed by atoms with van der Waals surface area (Å²) in [5.41, 5.74) is 2.23. The molecule has 0 aromatic carbocycles. The van der Waals surface area contributed by atoms with Crippen molar-refractivity contribution in [2.45, 2.75) is 13.0 Å². The van der Waals surface area contributed by atoms with Gasteiger partial charge in [0.15, 0.2) is 0 Å². The number of nitrogens with one attached hydrogen (secondary N) is 2. The Morgan fingerprint density at radius 3 is 2.88 bits per heavy atom. The number of nitrogens with two attached hydrogens (primary N) is 1. The molecule has 8 heteroatoms. The van der Waals surface area contributed by atoms with E-state index in [1.54, 1.807) is 7.11 Å². The predicted molar refractivity (Wildman–Crippen MR) is 63.7 cm³/mol. The first-order chi connectivity index (χ1) is 8.08. The fourth-order valence-corrected chi connectivity index (χ4v) is 1.13. The molecule has 1 atom stereocenters. The second kappa shape index (κ2) is 5.97. The van der Waals surface area contributed by atoms with Gasteiger partial charge >= 0.3 is 5.69 Å². The van der Waals surface area contributed by atoms with E-state index < -0.39 is 4.92 Å². The van der Waals surface area contributed by atoms with Crippen LogP contribution in [0.1, 0.15) is 6.92 Å². The number of nitrogen functional groups attached to an aromatic ring is 1. The number of anilines is 2. The molecule has 1 heterocycles. The molecule has 0 saturated carbocycles. The van der Waals surface area contributed by atoms with Crippen LogP contribution in [0.25, 0.3) is 0 Å². The maximum atomic E-state index is 10.8. The topological polar surface area (TPSA) is 115 Å². The quantitative estimate of drug-likeness (QED) is 0.382. The normalized spacial score (nSPS) is 11.9. The van der Waals surface area contributed by atoms with E-state index in [-0.39, 0.29) is 17.6 Å². The molecule has 0 aliphatic heterocycles. The van der Waals surface area contributed by atoms with Crippen molar-refractivity contribution in [1.82, 2.24) is 4.98 Å². The molecular formula is C9H15N5O3. The average Bonchev–Trinajstić information content (AvgIpc) is 2.35. The van der Waals surface area contributed by atoms with Crippen molar-refractivity contribution >= 4 is 17.3 Å². The van der Waals surface area contributed by atoms with Crippen molar-refractivity contribution in [1.29, 1.82) is 0 Å². The third-order valence-corrected chi connectivity index (χ3v) is 2.18. The van der Waals surface area contributed by atoms with Crippen molar-refractivity contribution in [3.63, 3.8) is 0 Å². The van der Waals surface area contributed by atoms with Crippen LogP contribution in [-0.2, 0) is 4.74 Å². The van der Waals surface area contributed by atoms with Crippen LogP contribution in [0, 0.1) is 10.1 Å². The maximum Gasteiger partial charge on any atom is 0.311 e. The molecule has 17 heavy (non-hydrogen) atoms. The van der Waals surface area contributed by atoms with Gasteiger partial charge in [0.25, 0.3) is 0 Å². The van der Waals surface area contributed by atoms with E-state index >= 15 is 0 Å². The van der Waals surface area contributed by atoms with E-state index in [1.165, 1.54) is 12.1 Å². The standard InChI is InChI=1S/C9H15N5O3/c1-6(17-2)5-11-9-7(14(15)16)3-4-8(12-9)13-10/h3-4,6H,5,10H2,1-2H3,(H2,11,12,13). The summed E-state index contributed by atoms with van der Waals surface area (Å²) in [5.74, 6) is 5.70. The molecule has 0 saturated heterocycles. The van der Waals surface area contributed by atoms with Crippen molar-refractivity contribution in [2.24, 2.45) is 5.84 Å². The van der Waals surface area contributed by atoms with Gasteiger partial charge in [-0.3, -0.25) is 10.1 Å². The Bertz CT molecular complexity index is 398. The fourth-order valence-electron chi connectivity index (χ4n) is 1.13. The highest BCUT2D eigenvalue weighted by Crippen LogP contribution is 2.23. The SMILES string of the molecule is COC(C)CNc1nc(NN)ccc1[N+](=O)[O-]. The zero-order chi connectivity index (χ0) is 12.8. The number of nitro groups is 1. The van der Waals surface area contributed by atoms with Gasteiger partial charge in [-0.25, -0.2) is 10.8 Å². The molecule has 0 spiro atoms. The Labute approximate surface area is 98.3 Å². The molecule has 1 rings (SSSR count). The minimum absolute atomic E-state index is 0.0779. The number of hydrogen-bond acceptors (Lipinski definition) is 7. The van der Waals surface area contributed by atoms with E-state index in [9.17, 15) is 10.1 Å². The number of nitrogens with zero attached hydrogens (tertiary/aromatic N) is 2. The Balaban J connectivity index is 2.89. The van der Waals surface area contributed by atoms with Crippen molar-refractivity contribution in [2.75, 3.05) is 24.4 Å². The highest BCUT2D eigenvalue weighted by molar-refractivity contribution is 5.59. The summed E-state index contributed by atoms with van der Waals surface area (Å²) >= 11 is 0. The van der Waals surface area contributed by atoms with E-state index in [4.69, 9.17) is 10.6 Å². The molecule has 8 nitrogen and oxygen atoms in total. The fraction of sp³-hybridized carbons (Fsp3) is 0.444. The van der Waals surface area contributed by atoms with Crippen LogP contribution in [0.5, 0.6) is 0 Å². The van der Waals surface area contributed by atoms with Crippen LogP contribution in [0.15, 0.2) is 12.1 Å². The second-order valence-corrected chi connectivity index (χ2v) is 3.39. The van der Waals surface area contributed by atoms with Crippen LogP contribution in [0.3, 0.4) is 0 Å². The van der Waals surface area contributed by atoms with Gasteiger partial charge in [-0.2, -0.15) is 0 Å². The summed E-state index contributed by atoms with van der Waals surface area (Å²) in [4.78, 5) is 14.2. The summed E-state index contributed by atoms with van der Waals surface area (Å²) in [6.45, 7) is 2.25. The predicted octanol–water partition coefficient (Wildman–Crippen LogP) is 0.722. The van der Waals surface area contributed by atoms with E-state index in [0.717, 1.165) is 0 Å². The Morgan fingerprint density at radius 1 is 1.65 bits per heavy atom. The lowest BCUT2D eigenvalue weighted by Gasteiger charge is -2.12. The van der Waals surface area contributed by atoms with Gasteiger partial charge in [0, 0.05) is 19.7 Å². The van der Waals surface area contributed by atoms with Crippen molar-refractivity contribution < 1.29 is 9.66 Å². The molecule has 0 radical (unpaired) electrons. The molecular weight excluding hydrogens is 226 g/mol. The third-order valence-electron chi connectivity index (χ3n) is 2.18. The number of rotatable bonds is 6. The average molecular weight is 241 g/mol. The molecule has 1 unspecified atom stereocenters. The highest BCUT2D eigenvalue weighted by atomic mass is 16.6. The molecule has 1 aromatic heterocycles. The third kappa shape index (κ3) is 3.54. The lowest BCUT2D eigenvalue weighted by Crippen LogP contribution is -2.20. The van der Waals surface area contributed by atoms with E-state index in [0.29, 0.717) is 12.4 Å². The van der Waals surface area contributed by atoms with Crippen LogP contribution in [-0.4, -0.2) is 29.7 Å². The Morgan fingerprint density at radius 2 is 2.35 bits per heavy atom. The molecule has 0 amide bonds. The van der Waals surface area contributed by atoms with Gasteiger partial charge < -0.3 is 15.5 Å². The zero-order valence-corrected chi connectivity index (χ0v) is 9.64. The smallest absolute Gasteiger partial charge is 0.311 e. The summed E-state index contributed by atoms with van der Waals surface area (Å²) in [6.07, 6.45) is -0.0779. The maximum absolute atomic E-state index is 10.8. The van der Waals surface area contributed by atoms with Crippen molar-refractivity contribution in [3.05, 3.63) is 22.2 Å². The van der Waals surface area contributed by atoms with Crippen LogP contribution in [0.2, 0.25) is 0 Å². The minimum Gasteiger partial charge on any atom is -0.380 e. The van der Waals surface area contributed by atoms with Crippen LogP contribution in [0.4, 0.5) is 17.3 Å². The molecule has 0 fully saturated rings. The van der Waals surface area contributed by atoms with Crippen LogP contribution < -0.4 is 16.6 Å². The number of methoxy groups -OCH3 is 1. The zero-order valence-electron chi connectivity index (χ0n) is 9.64. The second-order valence-electron chi connectivity index (χ2n) is 3.39. The number of pyridine rings is 1. The van der Waals surface area contributed by atoms with Gasteiger partial charge in [0.2, 0.25) is 5.82 Å². The molecule has 0 aliphatic carbocycles. The molecule has 1 aromatic rings. The first kappa shape index (κ1) is 13.1. The summed E-state index contributed by atoms with van der Waals surface area (Å²) in [7, 11) is 1.56. The minimum atomic E-state index is -0.507. The molecule has 0 bridgehead atoms. The van der Waals surface area contributed by atoms with Gasteiger partial charge in [-0.1, -0.05) is 0 Å². The lowest BCUT2D eigenvalue weighted by atomic mass is 10.3. The number of ether oxygens (including phenoxy) is 1. The highest BCUT2D eigenvalue weighted by Gasteiger charge is 2.16. The molecule has 0 aliphatic rings. The van der Waals surface area contributed by atoms with Gasteiger partial charge in [-0.15, -0.1) is 0 Å². The van der Waals surface area contributed by atoms with Gasteiger partial charge in [0.1, 0.15) is 5.82 Å². The van der Waals surface area contributed by atoms with Crippen LogP contribution >= 0.6 is 0 Å². The van der Waals surface area contributed by atoms with Gasteiger partial charge in [0.05, 0.1) is 11.0 Å². The number of hydrogen-bond donors (Lipinski definition) is 3. The largest absolute Gasteiger partial charge is 0.380 e. The van der Waals surface area contributed by atoms with Crippen molar-refractivity contribution in [3.8, 4) is 0 Å². The van der Waals surface area contributed by atoms with E-state index in [2.05, 4.69) is 15.7 Å². The van der Waals surface area contributed by atoms with Gasteiger partial charge in [-0.05, 0) is 13.0 Å². The molecule has 94 valence electrons. The Kier molecular flexibility index (Phi) is 4.61. The first-order valence-corrected chi connectivity index (χ1v) is 4.97. The summed E-state index contributed by atoms with van der Waals surface area (Å²) < 4.78 is 5.03. The monoisotopic (exact) mass is 241 g/mol. The number of aromatic nitrogens is 1.